The number of carboxylic acid groups (broad SMARTS) is 1. The number of nitro benzene ring substituents is 1. The zero-order chi connectivity index (χ0) is 26.7. The highest BCUT2D eigenvalue weighted by atomic mass is 79.9. The minimum absolute atomic E-state index is 0.0846. The molecule has 4 rings (SSSR count). The first-order valence-corrected chi connectivity index (χ1v) is 11.9. The van der Waals surface area contributed by atoms with Gasteiger partial charge in [0.25, 0.3) is 11.2 Å². The van der Waals surface area contributed by atoms with Crippen molar-refractivity contribution in [3.8, 4) is 5.75 Å². The van der Waals surface area contributed by atoms with Crippen LogP contribution in [-0.2, 0) is 6.61 Å². The Morgan fingerprint density at radius 2 is 1.92 bits per heavy atom. The largest absolute Gasteiger partial charge is 0.488 e. The van der Waals surface area contributed by atoms with Gasteiger partial charge in [-0.1, -0.05) is 41.9 Å². The number of carboxylic acids is 1. The summed E-state index contributed by atoms with van der Waals surface area (Å²) < 4.78 is 7.78. The van der Waals surface area contributed by atoms with Crippen LogP contribution < -0.4 is 10.3 Å². The molecule has 0 spiro atoms. The van der Waals surface area contributed by atoms with Crippen molar-refractivity contribution in [3.05, 3.63) is 108 Å². The van der Waals surface area contributed by atoms with E-state index in [1.54, 1.807) is 30.3 Å². The maximum Gasteiger partial charge on any atom is 0.335 e. The number of nitrogens with zero attached hydrogens (tertiary/aromatic N) is 4. The summed E-state index contributed by atoms with van der Waals surface area (Å²) in [5.41, 5.74) is 1.13. The van der Waals surface area contributed by atoms with Crippen molar-refractivity contribution in [2.75, 3.05) is 0 Å². The first-order valence-electron chi connectivity index (χ1n) is 11.1. The van der Waals surface area contributed by atoms with Crippen LogP contribution in [0.2, 0.25) is 0 Å². The van der Waals surface area contributed by atoms with Gasteiger partial charge in [0, 0.05) is 28.1 Å². The van der Waals surface area contributed by atoms with E-state index in [2.05, 4.69) is 26.0 Å². The summed E-state index contributed by atoms with van der Waals surface area (Å²) in [5.74, 6) is -0.435. The number of non-ortho nitro benzene ring substituents is 1. The maximum atomic E-state index is 13.3. The number of rotatable bonds is 8. The van der Waals surface area contributed by atoms with Crippen LogP contribution in [-0.4, -0.2) is 31.9 Å². The number of ether oxygens (including phenoxy) is 1. The number of halogens is 1. The molecule has 0 aliphatic heterocycles. The molecule has 4 aromatic rings. The summed E-state index contributed by atoms with van der Waals surface area (Å²) in [5, 5.41) is 25.2. The topological polar surface area (TPSA) is 137 Å². The number of fused-ring (bicyclic) bond motifs is 1. The van der Waals surface area contributed by atoms with Crippen molar-refractivity contribution in [1.82, 2.24) is 9.66 Å². The summed E-state index contributed by atoms with van der Waals surface area (Å²) >= 11 is 3.37. The van der Waals surface area contributed by atoms with Crippen molar-refractivity contribution in [1.29, 1.82) is 0 Å². The molecule has 11 heteroatoms. The van der Waals surface area contributed by atoms with Gasteiger partial charge in [-0.3, -0.25) is 14.9 Å². The SMILES string of the molecule is CC(C)c1nc2ccc(Br)cc2c(=O)n1N=Cc1cc([N+](=O)[O-])ccc1OCc1ccc(C(=O)O)cc1. The summed E-state index contributed by atoms with van der Waals surface area (Å²) in [6.45, 7) is 3.85. The molecular weight excluding hydrogens is 544 g/mol. The lowest BCUT2D eigenvalue weighted by molar-refractivity contribution is -0.384. The highest BCUT2D eigenvalue weighted by molar-refractivity contribution is 9.10. The highest BCUT2D eigenvalue weighted by Crippen LogP contribution is 2.25. The molecule has 188 valence electrons. The second-order valence-electron chi connectivity index (χ2n) is 8.42. The number of aromatic nitrogens is 2. The minimum atomic E-state index is -1.03. The van der Waals surface area contributed by atoms with Gasteiger partial charge in [0.1, 0.15) is 18.2 Å². The summed E-state index contributed by atoms with van der Waals surface area (Å²) in [4.78, 5) is 39.8. The fourth-order valence-electron chi connectivity index (χ4n) is 3.56. The van der Waals surface area contributed by atoms with Crippen molar-refractivity contribution in [3.63, 3.8) is 0 Å². The third-order valence-corrected chi connectivity index (χ3v) is 5.95. The lowest BCUT2D eigenvalue weighted by atomic mass is 10.1. The fourth-order valence-corrected chi connectivity index (χ4v) is 3.92. The molecule has 0 fully saturated rings. The van der Waals surface area contributed by atoms with Gasteiger partial charge in [-0.15, -0.1) is 0 Å². The van der Waals surface area contributed by atoms with Gasteiger partial charge >= 0.3 is 5.97 Å². The predicted molar refractivity (Wildman–Crippen MR) is 142 cm³/mol. The lowest BCUT2D eigenvalue weighted by Crippen LogP contribution is -2.23. The molecule has 0 aliphatic carbocycles. The molecular formula is C26H21BrN4O6. The normalized spacial score (nSPS) is 11.4. The van der Waals surface area contributed by atoms with Gasteiger partial charge < -0.3 is 9.84 Å². The Bertz CT molecular complexity index is 1600. The van der Waals surface area contributed by atoms with Gasteiger partial charge in [0.2, 0.25) is 0 Å². The van der Waals surface area contributed by atoms with Crippen LogP contribution in [0.4, 0.5) is 5.69 Å². The van der Waals surface area contributed by atoms with Crippen LogP contribution in [0.15, 0.2) is 75.0 Å². The third kappa shape index (κ3) is 5.72. The first-order chi connectivity index (χ1) is 17.6. The van der Waals surface area contributed by atoms with E-state index in [9.17, 15) is 19.7 Å². The second kappa shape index (κ2) is 10.7. The van der Waals surface area contributed by atoms with E-state index in [-0.39, 0.29) is 34.9 Å². The average Bonchev–Trinajstić information content (AvgIpc) is 2.87. The van der Waals surface area contributed by atoms with Gasteiger partial charge in [-0.25, -0.2) is 9.78 Å². The Labute approximate surface area is 219 Å². The zero-order valence-electron chi connectivity index (χ0n) is 19.8. The standard InChI is InChI=1S/C26H21BrN4O6/c1-15(2)24-29-22-9-7-19(27)12-21(22)25(32)30(24)28-13-18-11-20(31(35)36)8-10-23(18)37-14-16-3-5-17(6-4-16)26(33)34/h3-13,15H,14H2,1-2H3,(H,33,34). The first kappa shape index (κ1) is 25.7. The van der Waals surface area contributed by atoms with Crippen LogP contribution in [0.25, 0.3) is 10.9 Å². The molecule has 3 aromatic carbocycles. The lowest BCUT2D eigenvalue weighted by Gasteiger charge is -2.13. The number of hydrogen-bond donors (Lipinski definition) is 1. The second-order valence-corrected chi connectivity index (χ2v) is 9.33. The molecule has 0 saturated heterocycles. The molecule has 10 nitrogen and oxygen atoms in total. The zero-order valence-corrected chi connectivity index (χ0v) is 21.4. The minimum Gasteiger partial charge on any atom is -0.488 e. The van der Waals surface area contributed by atoms with Crippen molar-refractivity contribution < 1.29 is 19.6 Å². The van der Waals surface area contributed by atoms with Crippen LogP contribution in [0.1, 0.15) is 47.1 Å². The molecule has 0 unspecified atom stereocenters. The highest BCUT2D eigenvalue weighted by Gasteiger charge is 2.15. The molecule has 0 bridgehead atoms. The number of benzene rings is 3. The van der Waals surface area contributed by atoms with Gasteiger partial charge in [0.15, 0.2) is 0 Å². The van der Waals surface area contributed by atoms with Crippen molar-refractivity contribution in [2.45, 2.75) is 26.4 Å². The molecule has 0 radical (unpaired) electrons. The van der Waals surface area contributed by atoms with E-state index in [0.29, 0.717) is 28.0 Å². The molecule has 1 aromatic heterocycles. The van der Waals surface area contributed by atoms with Crippen molar-refractivity contribution >= 4 is 44.7 Å². The Morgan fingerprint density at radius 3 is 2.57 bits per heavy atom. The van der Waals surface area contributed by atoms with Gasteiger partial charge in [-0.2, -0.15) is 9.78 Å². The number of carbonyl (C=O) groups is 1. The molecule has 0 atom stereocenters. The molecule has 1 heterocycles. The predicted octanol–water partition coefficient (Wildman–Crippen LogP) is 5.35. The van der Waals surface area contributed by atoms with Gasteiger partial charge in [0.05, 0.1) is 27.6 Å². The summed E-state index contributed by atoms with van der Waals surface area (Å²) in [7, 11) is 0. The molecule has 0 amide bonds. The number of aromatic carboxylic acids is 1. The van der Waals surface area contributed by atoms with Gasteiger partial charge in [-0.05, 0) is 42.0 Å². The molecule has 0 saturated carbocycles. The summed E-state index contributed by atoms with van der Waals surface area (Å²) in [6, 6.07) is 15.4. The van der Waals surface area contributed by atoms with Crippen molar-refractivity contribution in [2.24, 2.45) is 5.10 Å². The molecule has 37 heavy (non-hydrogen) atoms. The van der Waals surface area contributed by atoms with Crippen LogP contribution in [0.3, 0.4) is 0 Å². The van der Waals surface area contributed by atoms with E-state index in [4.69, 9.17) is 9.84 Å². The molecule has 1 N–H and O–H groups in total. The number of nitro groups is 1. The monoisotopic (exact) mass is 564 g/mol. The van der Waals surface area contributed by atoms with E-state index < -0.39 is 10.9 Å². The van der Waals surface area contributed by atoms with Crippen LogP contribution in [0, 0.1) is 10.1 Å². The third-order valence-electron chi connectivity index (χ3n) is 5.46. The quantitative estimate of drug-likeness (QED) is 0.173. The molecule has 0 aliphatic rings. The fraction of sp³-hybridized carbons (Fsp3) is 0.154. The summed E-state index contributed by atoms with van der Waals surface area (Å²) in [6.07, 6.45) is 1.33. The van der Waals surface area contributed by atoms with Crippen LogP contribution >= 0.6 is 15.9 Å². The van der Waals surface area contributed by atoms with Crippen LogP contribution in [0.5, 0.6) is 5.75 Å². The van der Waals surface area contributed by atoms with E-state index in [0.717, 1.165) is 4.47 Å². The number of hydrogen-bond acceptors (Lipinski definition) is 7. The van der Waals surface area contributed by atoms with E-state index >= 15 is 0 Å². The maximum absolute atomic E-state index is 13.3. The average molecular weight is 565 g/mol. The van der Waals surface area contributed by atoms with E-state index in [1.165, 1.54) is 41.2 Å². The Morgan fingerprint density at radius 1 is 1.19 bits per heavy atom. The Balaban J connectivity index is 1.73. The Kier molecular flexibility index (Phi) is 7.44. The van der Waals surface area contributed by atoms with E-state index in [1.807, 2.05) is 13.8 Å². The Hall–Kier alpha value is -4.38. The smallest absolute Gasteiger partial charge is 0.335 e.